The van der Waals surface area contributed by atoms with Crippen LogP contribution >= 0.6 is 23.4 Å². The molecule has 0 spiro atoms. The molecule has 9 heteroatoms. The molecule has 7 nitrogen and oxygen atoms in total. The van der Waals surface area contributed by atoms with Crippen LogP contribution in [0, 0.1) is 20.8 Å². The van der Waals surface area contributed by atoms with Gasteiger partial charge in [0, 0.05) is 22.9 Å². The summed E-state index contributed by atoms with van der Waals surface area (Å²) in [5.74, 6) is 0.430. The first-order valence-corrected chi connectivity index (χ1v) is 11.9. The van der Waals surface area contributed by atoms with E-state index in [0.717, 1.165) is 22.4 Å². The maximum atomic E-state index is 13.3. The van der Waals surface area contributed by atoms with Gasteiger partial charge in [-0.2, -0.15) is 5.10 Å². The van der Waals surface area contributed by atoms with Crippen molar-refractivity contribution in [2.24, 2.45) is 0 Å². The third kappa shape index (κ3) is 3.94. The van der Waals surface area contributed by atoms with Gasteiger partial charge in [-0.25, -0.2) is 9.67 Å². The summed E-state index contributed by atoms with van der Waals surface area (Å²) in [6.45, 7) is 5.96. The number of rotatable bonds is 4. The average molecular weight is 480 g/mol. The number of fused-ring (bicyclic) bond motifs is 2. The highest BCUT2D eigenvalue weighted by Crippen LogP contribution is 2.34. The van der Waals surface area contributed by atoms with Crippen LogP contribution in [-0.4, -0.2) is 31.0 Å². The lowest BCUT2D eigenvalue weighted by atomic mass is 10.1. The highest BCUT2D eigenvalue weighted by Gasteiger charge is 2.29. The van der Waals surface area contributed by atoms with Gasteiger partial charge in [-0.3, -0.25) is 14.2 Å². The number of carbonyl (C=O) groups excluding carboxylic acids is 1. The van der Waals surface area contributed by atoms with Crippen molar-refractivity contribution in [3.63, 3.8) is 0 Å². The Balaban J connectivity index is 1.45. The quantitative estimate of drug-likeness (QED) is 0.424. The van der Waals surface area contributed by atoms with Crippen molar-refractivity contribution >= 4 is 46.0 Å². The summed E-state index contributed by atoms with van der Waals surface area (Å²) >= 11 is 7.64. The first-order chi connectivity index (χ1) is 15.8. The summed E-state index contributed by atoms with van der Waals surface area (Å²) in [5, 5.41) is 8.97. The smallest absolute Gasteiger partial charge is 0.265 e. The van der Waals surface area contributed by atoms with Crippen molar-refractivity contribution in [3.05, 3.63) is 74.7 Å². The second kappa shape index (κ2) is 8.35. The van der Waals surface area contributed by atoms with Crippen molar-refractivity contribution in [2.45, 2.75) is 38.4 Å². The molecule has 1 amide bonds. The van der Waals surface area contributed by atoms with E-state index in [4.69, 9.17) is 16.6 Å². The number of hydrogen-bond acceptors (Lipinski definition) is 5. The Morgan fingerprint density at radius 1 is 1.18 bits per heavy atom. The topological polar surface area (TPSA) is 81.8 Å². The minimum atomic E-state index is -0.278. The average Bonchev–Trinajstić information content (AvgIpc) is 3.36. The second-order valence-corrected chi connectivity index (χ2v) is 9.73. The van der Waals surface area contributed by atoms with Crippen LogP contribution in [0.5, 0.6) is 0 Å². The van der Waals surface area contributed by atoms with E-state index >= 15 is 0 Å². The van der Waals surface area contributed by atoms with Crippen LogP contribution in [-0.2, 0) is 4.79 Å². The van der Waals surface area contributed by atoms with Gasteiger partial charge in [-0.1, -0.05) is 47.1 Å². The molecule has 0 radical (unpaired) electrons. The SMILES string of the molecule is Cc1ccc(-n2ncc3c(=O)n4c(nc32)SCC4CC(=O)Nc2ccc(C)c(Cl)c2)c(C)c1. The molecule has 0 fully saturated rings. The zero-order chi connectivity index (χ0) is 23.3. The van der Waals surface area contributed by atoms with Gasteiger partial charge >= 0.3 is 0 Å². The molecule has 3 heterocycles. The molecule has 33 heavy (non-hydrogen) atoms. The minimum Gasteiger partial charge on any atom is -0.326 e. The monoisotopic (exact) mass is 479 g/mol. The molecule has 0 aliphatic carbocycles. The molecule has 1 aliphatic rings. The van der Waals surface area contributed by atoms with Gasteiger partial charge in [-0.15, -0.1) is 0 Å². The molecule has 0 saturated carbocycles. The van der Waals surface area contributed by atoms with Crippen molar-refractivity contribution < 1.29 is 4.79 Å². The predicted molar refractivity (Wildman–Crippen MR) is 132 cm³/mol. The zero-order valence-corrected chi connectivity index (χ0v) is 20.0. The standard InChI is InChI=1S/C24H22ClN5O2S/c1-13-4-7-20(15(3)8-13)30-22-18(11-26-30)23(32)29-17(12-33-24(29)28-22)10-21(31)27-16-6-5-14(2)19(25)9-16/h4-9,11,17H,10,12H2,1-3H3,(H,27,31). The summed E-state index contributed by atoms with van der Waals surface area (Å²) < 4.78 is 3.34. The fraction of sp³-hybridized carbons (Fsp3) is 0.250. The number of amides is 1. The Labute approximate surface area is 199 Å². The first kappa shape index (κ1) is 21.7. The molecule has 168 valence electrons. The lowest BCUT2D eigenvalue weighted by Gasteiger charge is -2.14. The maximum Gasteiger partial charge on any atom is 0.265 e. The Morgan fingerprint density at radius 3 is 2.76 bits per heavy atom. The predicted octanol–water partition coefficient (Wildman–Crippen LogP) is 4.84. The summed E-state index contributed by atoms with van der Waals surface area (Å²) in [5.41, 5.74) is 5.04. The summed E-state index contributed by atoms with van der Waals surface area (Å²) in [6, 6.07) is 11.2. The fourth-order valence-corrected chi connectivity index (χ4v) is 5.41. The van der Waals surface area contributed by atoms with E-state index in [1.165, 1.54) is 11.8 Å². The number of aromatic nitrogens is 4. The Kier molecular flexibility index (Phi) is 5.50. The van der Waals surface area contributed by atoms with Crippen LogP contribution in [0.1, 0.15) is 29.2 Å². The summed E-state index contributed by atoms with van der Waals surface area (Å²) in [7, 11) is 0. The third-order valence-corrected chi connectivity index (χ3v) is 7.33. The summed E-state index contributed by atoms with van der Waals surface area (Å²) in [6.07, 6.45) is 1.73. The zero-order valence-electron chi connectivity index (χ0n) is 18.4. The normalized spacial score (nSPS) is 15.1. The van der Waals surface area contributed by atoms with E-state index in [-0.39, 0.29) is 23.9 Å². The molecule has 1 unspecified atom stereocenters. The van der Waals surface area contributed by atoms with E-state index in [1.807, 2.05) is 45.0 Å². The van der Waals surface area contributed by atoms with Gasteiger partial charge in [-0.05, 0) is 50.1 Å². The van der Waals surface area contributed by atoms with Crippen LogP contribution in [0.25, 0.3) is 16.7 Å². The van der Waals surface area contributed by atoms with Crippen molar-refractivity contribution in [1.82, 2.24) is 19.3 Å². The van der Waals surface area contributed by atoms with Crippen molar-refractivity contribution in [1.29, 1.82) is 0 Å². The van der Waals surface area contributed by atoms with E-state index in [0.29, 0.717) is 32.7 Å². The number of aryl methyl sites for hydroxylation is 3. The lowest BCUT2D eigenvalue weighted by Crippen LogP contribution is -2.27. The van der Waals surface area contributed by atoms with E-state index in [2.05, 4.69) is 16.5 Å². The number of carbonyl (C=O) groups is 1. The molecule has 5 rings (SSSR count). The van der Waals surface area contributed by atoms with Gasteiger partial charge in [0.05, 0.1) is 17.9 Å². The fourth-order valence-electron chi connectivity index (χ4n) is 4.10. The summed E-state index contributed by atoms with van der Waals surface area (Å²) in [4.78, 5) is 30.8. The molecule has 2 aromatic heterocycles. The molecular formula is C24H22ClN5O2S. The molecule has 1 aliphatic heterocycles. The van der Waals surface area contributed by atoms with Gasteiger partial charge in [0.15, 0.2) is 10.8 Å². The first-order valence-electron chi connectivity index (χ1n) is 10.6. The second-order valence-electron chi connectivity index (χ2n) is 8.33. The largest absolute Gasteiger partial charge is 0.326 e. The van der Waals surface area contributed by atoms with Crippen LogP contribution in [0.3, 0.4) is 0 Å². The maximum absolute atomic E-state index is 13.3. The van der Waals surface area contributed by atoms with Gasteiger partial charge < -0.3 is 5.32 Å². The van der Waals surface area contributed by atoms with E-state index in [1.54, 1.807) is 21.5 Å². The molecule has 0 bridgehead atoms. The Hall–Kier alpha value is -3.10. The van der Waals surface area contributed by atoms with Gasteiger partial charge in [0.1, 0.15) is 5.39 Å². The molecule has 2 aromatic carbocycles. The van der Waals surface area contributed by atoms with E-state index in [9.17, 15) is 9.59 Å². The highest BCUT2D eigenvalue weighted by molar-refractivity contribution is 7.99. The number of halogens is 1. The van der Waals surface area contributed by atoms with Crippen LogP contribution in [0.2, 0.25) is 5.02 Å². The third-order valence-electron chi connectivity index (χ3n) is 5.83. The van der Waals surface area contributed by atoms with Crippen LogP contribution in [0.4, 0.5) is 5.69 Å². The number of thioether (sulfide) groups is 1. The number of nitrogens with zero attached hydrogens (tertiary/aromatic N) is 4. The van der Waals surface area contributed by atoms with Crippen LogP contribution in [0.15, 0.2) is 52.5 Å². The lowest BCUT2D eigenvalue weighted by molar-refractivity contribution is -0.116. The van der Waals surface area contributed by atoms with E-state index < -0.39 is 0 Å². The Morgan fingerprint density at radius 2 is 2.00 bits per heavy atom. The van der Waals surface area contributed by atoms with Crippen molar-refractivity contribution in [2.75, 3.05) is 11.1 Å². The Bertz CT molecular complexity index is 1480. The number of hydrogen-bond donors (Lipinski definition) is 1. The number of benzene rings is 2. The molecule has 0 saturated heterocycles. The van der Waals surface area contributed by atoms with Gasteiger partial charge in [0.25, 0.3) is 5.56 Å². The highest BCUT2D eigenvalue weighted by atomic mass is 35.5. The molecule has 4 aromatic rings. The number of anilines is 1. The van der Waals surface area contributed by atoms with Crippen LogP contribution < -0.4 is 10.9 Å². The van der Waals surface area contributed by atoms with Crippen molar-refractivity contribution in [3.8, 4) is 5.69 Å². The van der Waals surface area contributed by atoms with Gasteiger partial charge in [0.2, 0.25) is 5.91 Å². The molecule has 1 atom stereocenters. The molecular weight excluding hydrogens is 458 g/mol. The molecule has 1 N–H and O–H groups in total. The minimum absolute atomic E-state index is 0.170. The number of nitrogens with one attached hydrogen (secondary N) is 1.